The summed E-state index contributed by atoms with van der Waals surface area (Å²) < 4.78 is 0. The summed E-state index contributed by atoms with van der Waals surface area (Å²) in [5.74, 6) is 0.0822. The van der Waals surface area contributed by atoms with Crippen molar-refractivity contribution in [2.24, 2.45) is 0 Å². The molecule has 1 heterocycles. The Hall–Kier alpha value is -1.35. The van der Waals surface area contributed by atoms with Gasteiger partial charge in [-0.25, -0.2) is 0 Å². The van der Waals surface area contributed by atoms with E-state index in [2.05, 4.69) is 23.1 Å². The van der Waals surface area contributed by atoms with Crippen LogP contribution >= 0.6 is 0 Å². The zero-order valence-electron chi connectivity index (χ0n) is 13.3. The minimum absolute atomic E-state index is 0.0822. The third-order valence-corrected chi connectivity index (χ3v) is 4.83. The summed E-state index contributed by atoms with van der Waals surface area (Å²) in [6.45, 7) is 1.10. The highest BCUT2D eigenvalue weighted by Gasteiger charge is 2.18. The minimum Gasteiger partial charge on any atom is -0.349 e. The highest BCUT2D eigenvalue weighted by Crippen LogP contribution is 2.19. The van der Waals surface area contributed by atoms with Crippen LogP contribution in [0.2, 0.25) is 0 Å². The molecular formula is C19H27N2O. The average molecular weight is 299 g/mol. The van der Waals surface area contributed by atoms with E-state index in [9.17, 15) is 4.79 Å². The highest BCUT2D eigenvalue weighted by molar-refractivity contribution is 5.94. The molecule has 2 aliphatic rings. The fourth-order valence-corrected chi connectivity index (χ4v) is 3.55. The summed E-state index contributed by atoms with van der Waals surface area (Å²) in [6, 6.07) is 8.84. The van der Waals surface area contributed by atoms with Crippen molar-refractivity contribution in [1.29, 1.82) is 0 Å². The number of piperidine rings is 1. The number of benzene rings is 1. The van der Waals surface area contributed by atoms with E-state index in [0.29, 0.717) is 12.1 Å². The third kappa shape index (κ3) is 4.33. The van der Waals surface area contributed by atoms with E-state index in [1.165, 1.54) is 38.5 Å². The molecule has 1 saturated carbocycles. The molecule has 119 valence electrons. The number of hydrogen-bond acceptors (Lipinski definition) is 2. The van der Waals surface area contributed by atoms with Crippen molar-refractivity contribution in [3.8, 4) is 0 Å². The van der Waals surface area contributed by atoms with Crippen LogP contribution in [-0.2, 0) is 0 Å². The van der Waals surface area contributed by atoms with E-state index < -0.39 is 0 Å². The first-order valence-corrected chi connectivity index (χ1v) is 8.80. The Bertz CT molecular complexity index is 488. The Labute approximate surface area is 133 Å². The van der Waals surface area contributed by atoms with Crippen molar-refractivity contribution in [3.05, 3.63) is 41.8 Å². The molecule has 22 heavy (non-hydrogen) atoms. The first kappa shape index (κ1) is 15.5. The van der Waals surface area contributed by atoms with Crippen LogP contribution in [0.3, 0.4) is 0 Å². The molecule has 1 atom stereocenters. The monoisotopic (exact) mass is 299 g/mol. The van der Waals surface area contributed by atoms with Crippen LogP contribution in [0.4, 0.5) is 0 Å². The number of hydrogen-bond donors (Lipinski definition) is 2. The van der Waals surface area contributed by atoms with Crippen LogP contribution < -0.4 is 10.6 Å². The van der Waals surface area contributed by atoms with Gasteiger partial charge in [0.2, 0.25) is 0 Å². The molecule has 2 N–H and O–H groups in total. The van der Waals surface area contributed by atoms with Crippen LogP contribution in [0.1, 0.15) is 67.3 Å². The largest absolute Gasteiger partial charge is 0.349 e. The Morgan fingerprint density at radius 1 is 1.09 bits per heavy atom. The van der Waals surface area contributed by atoms with E-state index in [1.807, 2.05) is 18.2 Å². The van der Waals surface area contributed by atoms with Crippen molar-refractivity contribution in [1.82, 2.24) is 10.6 Å². The maximum Gasteiger partial charge on any atom is 0.251 e. The lowest BCUT2D eigenvalue weighted by Gasteiger charge is -2.24. The zero-order chi connectivity index (χ0) is 15.2. The van der Waals surface area contributed by atoms with Crippen LogP contribution in [0.15, 0.2) is 24.3 Å². The maximum absolute atomic E-state index is 12.4. The Morgan fingerprint density at radius 2 is 1.91 bits per heavy atom. The molecule has 3 nitrogen and oxygen atoms in total. The molecule has 0 bridgehead atoms. The van der Waals surface area contributed by atoms with Gasteiger partial charge in [-0.05, 0) is 49.9 Å². The fraction of sp³-hybridized carbons (Fsp3) is 0.579. The maximum atomic E-state index is 12.4. The van der Waals surface area contributed by atoms with Gasteiger partial charge in [-0.2, -0.15) is 0 Å². The quantitative estimate of drug-likeness (QED) is 0.894. The molecule has 1 saturated heterocycles. The predicted molar refractivity (Wildman–Crippen MR) is 89.8 cm³/mol. The molecule has 2 fully saturated rings. The highest BCUT2D eigenvalue weighted by atomic mass is 16.1. The zero-order valence-corrected chi connectivity index (χ0v) is 13.3. The lowest BCUT2D eigenvalue weighted by Crippen LogP contribution is -2.36. The van der Waals surface area contributed by atoms with Gasteiger partial charge in [0, 0.05) is 24.1 Å². The molecule has 3 heteroatoms. The van der Waals surface area contributed by atoms with Gasteiger partial charge in [0.15, 0.2) is 0 Å². The van der Waals surface area contributed by atoms with Crippen molar-refractivity contribution in [2.75, 3.05) is 6.54 Å². The molecule has 3 rings (SSSR count). The van der Waals surface area contributed by atoms with Gasteiger partial charge in [0.05, 0.1) is 0 Å². The van der Waals surface area contributed by atoms with E-state index in [4.69, 9.17) is 0 Å². The molecule has 1 amide bonds. The first-order chi connectivity index (χ1) is 10.8. The Balaban J connectivity index is 1.58. The lowest BCUT2D eigenvalue weighted by atomic mass is 9.94. The van der Waals surface area contributed by atoms with E-state index >= 15 is 0 Å². The smallest absolute Gasteiger partial charge is 0.251 e. The van der Waals surface area contributed by atoms with Crippen LogP contribution in [0, 0.1) is 6.42 Å². The van der Waals surface area contributed by atoms with Gasteiger partial charge in [-0.3, -0.25) is 4.79 Å². The van der Waals surface area contributed by atoms with Crippen LogP contribution in [0.5, 0.6) is 0 Å². The molecule has 0 unspecified atom stereocenters. The summed E-state index contributed by atoms with van der Waals surface area (Å²) in [7, 11) is 0. The second-order valence-electron chi connectivity index (χ2n) is 6.66. The van der Waals surface area contributed by atoms with Gasteiger partial charge in [0.1, 0.15) is 0 Å². The third-order valence-electron chi connectivity index (χ3n) is 4.83. The van der Waals surface area contributed by atoms with Gasteiger partial charge < -0.3 is 10.6 Å². The lowest BCUT2D eigenvalue weighted by molar-refractivity contribution is 0.0927. The molecule has 1 aromatic carbocycles. The Kier molecular flexibility index (Phi) is 5.49. The van der Waals surface area contributed by atoms with Crippen molar-refractivity contribution in [3.63, 3.8) is 0 Å². The van der Waals surface area contributed by atoms with Crippen molar-refractivity contribution in [2.45, 2.75) is 63.5 Å². The predicted octanol–water partition coefficient (Wildman–Crippen LogP) is 3.44. The topological polar surface area (TPSA) is 41.1 Å². The van der Waals surface area contributed by atoms with E-state index in [0.717, 1.165) is 30.5 Å². The normalized spacial score (nSPS) is 23.2. The molecule has 0 spiro atoms. The average Bonchev–Trinajstić information content (AvgIpc) is 2.57. The van der Waals surface area contributed by atoms with Crippen LogP contribution in [0.25, 0.3) is 0 Å². The Morgan fingerprint density at radius 3 is 2.68 bits per heavy atom. The number of rotatable bonds is 4. The van der Waals surface area contributed by atoms with Crippen molar-refractivity contribution < 1.29 is 4.79 Å². The molecule has 1 aromatic rings. The number of nitrogens with one attached hydrogen (secondary N) is 2. The standard InChI is InChI=1S/C19H27N2O/c22-19(21-17-9-2-1-3-10-17)16-8-6-7-15(13-16)14-18-11-4-5-12-20-18/h6-8,13-14,17-18,20H,1-5,9-12H2,(H,21,22)/t18-/m0/s1. The van der Waals surface area contributed by atoms with Crippen LogP contribution in [-0.4, -0.2) is 24.5 Å². The first-order valence-electron chi connectivity index (χ1n) is 8.80. The summed E-state index contributed by atoms with van der Waals surface area (Å²) in [5.41, 5.74) is 1.94. The summed E-state index contributed by atoms with van der Waals surface area (Å²) in [4.78, 5) is 12.4. The van der Waals surface area contributed by atoms with Gasteiger partial charge in [-0.15, -0.1) is 0 Å². The molecule has 1 radical (unpaired) electrons. The fourth-order valence-electron chi connectivity index (χ4n) is 3.55. The summed E-state index contributed by atoms with van der Waals surface area (Å²) >= 11 is 0. The minimum atomic E-state index is 0.0822. The number of carbonyl (C=O) groups excluding carboxylic acids is 1. The van der Waals surface area contributed by atoms with Gasteiger partial charge >= 0.3 is 0 Å². The van der Waals surface area contributed by atoms with E-state index in [-0.39, 0.29) is 5.91 Å². The second-order valence-corrected chi connectivity index (χ2v) is 6.66. The van der Waals surface area contributed by atoms with E-state index in [1.54, 1.807) is 0 Å². The SMILES string of the molecule is O=C(NC1CCCCC1)c1cccc([CH][C@@H]2CCCCN2)c1. The molecule has 1 aliphatic carbocycles. The molecule has 0 aromatic heterocycles. The summed E-state index contributed by atoms with van der Waals surface area (Å²) in [5, 5.41) is 6.72. The number of amides is 1. The second kappa shape index (κ2) is 7.77. The van der Waals surface area contributed by atoms with Gasteiger partial charge in [-0.1, -0.05) is 37.8 Å². The number of carbonyl (C=O) groups is 1. The molecular weight excluding hydrogens is 272 g/mol. The molecule has 1 aliphatic heterocycles. The summed E-state index contributed by atoms with van der Waals surface area (Å²) in [6.07, 6.45) is 12.1. The van der Waals surface area contributed by atoms with Gasteiger partial charge in [0.25, 0.3) is 5.91 Å². The van der Waals surface area contributed by atoms with Crippen molar-refractivity contribution >= 4 is 5.91 Å².